The highest BCUT2D eigenvalue weighted by molar-refractivity contribution is 8.01. The van der Waals surface area contributed by atoms with Crippen LogP contribution >= 0.6 is 23.1 Å². The molecule has 170 valence electrons. The zero-order valence-electron chi connectivity index (χ0n) is 18.6. The lowest BCUT2D eigenvalue weighted by atomic mass is 9.81. The summed E-state index contributed by atoms with van der Waals surface area (Å²) < 4.78 is 1.69. The summed E-state index contributed by atoms with van der Waals surface area (Å²) in [5, 5.41) is 2.94. The van der Waals surface area contributed by atoms with Gasteiger partial charge in [0.15, 0.2) is 4.34 Å². The van der Waals surface area contributed by atoms with Crippen molar-refractivity contribution in [1.82, 2.24) is 4.98 Å². The van der Waals surface area contributed by atoms with E-state index in [-0.39, 0.29) is 35.3 Å². The van der Waals surface area contributed by atoms with Gasteiger partial charge in [0, 0.05) is 5.69 Å². The van der Waals surface area contributed by atoms with E-state index in [2.05, 4.69) is 16.4 Å². The summed E-state index contributed by atoms with van der Waals surface area (Å²) in [6.07, 6.45) is 3.64. The Kier molecular flexibility index (Phi) is 5.97. The lowest BCUT2D eigenvalue weighted by Crippen LogP contribution is -2.30. The van der Waals surface area contributed by atoms with Gasteiger partial charge in [-0.15, -0.1) is 11.3 Å². The number of amides is 3. The number of carbonyl (C=O) groups excluding carboxylic acids is 3. The number of thioether (sulfide) groups is 1. The summed E-state index contributed by atoms with van der Waals surface area (Å²) in [6.45, 7) is 4.01. The van der Waals surface area contributed by atoms with E-state index >= 15 is 0 Å². The molecule has 1 aliphatic carbocycles. The fourth-order valence-electron chi connectivity index (χ4n) is 4.88. The van der Waals surface area contributed by atoms with Gasteiger partial charge in [-0.2, -0.15) is 0 Å². The van der Waals surface area contributed by atoms with Crippen LogP contribution < -0.4 is 10.2 Å². The van der Waals surface area contributed by atoms with Crippen LogP contribution in [0.25, 0.3) is 10.2 Å². The van der Waals surface area contributed by atoms with Crippen LogP contribution in [-0.2, 0) is 14.4 Å². The van der Waals surface area contributed by atoms with Gasteiger partial charge in [0.05, 0.1) is 33.5 Å². The van der Waals surface area contributed by atoms with Crippen LogP contribution in [-0.4, -0.2) is 28.5 Å². The number of thiazole rings is 1. The number of aryl methyl sites for hydroxylation is 2. The molecule has 0 bridgehead atoms. The maximum Gasteiger partial charge on any atom is 0.237 e. The molecule has 2 aliphatic rings. The smallest absolute Gasteiger partial charge is 0.237 e. The van der Waals surface area contributed by atoms with Crippen molar-refractivity contribution in [2.24, 2.45) is 11.8 Å². The molecule has 2 atom stereocenters. The van der Waals surface area contributed by atoms with Gasteiger partial charge in [0.25, 0.3) is 0 Å². The molecule has 0 unspecified atom stereocenters. The number of anilines is 2. The Morgan fingerprint density at radius 1 is 1.06 bits per heavy atom. The van der Waals surface area contributed by atoms with Gasteiger partial charge in [-0.3, -0.25) is 19.3 Å². The minimum Gasteiger partial charge on any atom is -0.325 e. The number of hydrogen-bond donors (Lipinski definition) is 1. The van der Waals surface area contributed by atoms with Crippen molar-refractivity contribution < 1.29 is 14.4 Å². The van der Waals surface area contributed by atoms with Crippen LogP contribution in [0.4, 0.5) is 11.4 Å². The molecule has 2 heterocycles. The number of benzene rings is 2. The number of hydrogen-bond acceptors (Lipinski definition) is 6. The summed E-state index contributed by atoms with van der Waals surface area (Å²) in [5.41, 5.74) is 4.44. The van der Waals surface area contributed by atoms with E-state index in [0.717, 1.165) is 57.1 Å². The van der Waals surface area contributed by atoms with Crippen molar-refractivity contribution in [3.63, 3.8) is 0 Å². The summed E-state index contributed by atoms with van der Waals surface area (Å²) in [4.78, 5) is 44.2. The zero-order chi connectivity index (χ0) is 23.1. The van der Waals surface area contributed by atoms with E-state index in [0.29, 0.717) is 5.69 Å². The minimum absolute atomic E-state index is 0.0637. The maximum atomic E-state index is 12.9. The fourth-order valence-corrected chi connectivity index (χ4v) is 6.78. The molecule has 1 saturated heterocycles. The first-order chi connectivity index (χ1) is 15.9. The van der Waals surface area contributed by atoms with E-state index in [1.54, 1.807) is 6.07 Å². The van der Waals surface area contributed by atoms with Crippen LogP contribution in [0.1, 0.15) is 36.8 Å². The number of aromatic nitrogens is 1. The maximum absolute atomic E-state index is 12.9. The monoisotopic (exact) mass is 479 g/mol. The summed E-state index contributed by atoms with van der Waals surface area (Å²) in [5.74, 6) is -0.278. The molecule has 1 aromatic heterocycles. The van der Waals surface area contributed by atoms with Gasteiger partial charge in [0.2, 0.25) is 17.7 Å². The summed E-state index contributed by atoms with van der Waals surface area (Å²) in [6, 6.07) is 11.5. The van der Waals surface area contributed by atoms with Gasteiger partial charge >= 0.3 is 0 Å². The molecular formula is C25H25N3O3S2. The normalized spacial score (nSPS) is 20.4. The first kappa shape index (κ1) is 22.1. The van der Waals surface area contributed by atoms with Crippen molar-refractivity contribution in [3.05, 3.63) is 47.5 Å². The average molecular weight is 480 g/mol. The second-order valence-electron chi connectivity index (χ2n) is 8.85. The molecule has 2 aromatic carbocycles. The van der Waals surface area contributed by atoms with Gasteiger partial charge in [-0.25, -0.2) is 4.98 Å². The van der Waals surface area contributed by atoms with E-state index in [4.69, 9.17) is 0 Å². The quantitative estimate of drug-likeness (QED) is 0.396. The number of nitrogens with one attached hydrogen (secondary N) is 1. The highest BCUT2D eigenvalue weighted by atomic mass is 32.2. The first-order valence-corrected chi connectivity index (χ1v) is 13.0. The van der Waals surface area contributed by atoms with Gasteiger partial charge in [0.1, 0.15) is 0 Å². The third kappa shape index (κ3) is 4.42. The van der Waals surface area contributed by atoms with Crippen molar-refractivity contribution in [2.75, 3.05) is 16.0 Å². The number of rotatable bonds is 5. The third-order valence-electron chi connectivity index (χ3n) is 6.28. The Hall–Kier alpha value is -2.71. The molecule has 6 nitrogen and oxygen atoms in total. The molecule has 0 radical (unpaired) electrons. The van der Waals surface area contributed by atoms with E-state index < -0.39 is 0 Å². The number of fused-ring (bicyclic) bond motifs is 2. The van der Waals surface area contributed by atoms with Crippen molar-refractivity contribution >= 4 is 62.4 Å². The molecule has 8 heteroatoms. The summed E-state index contributed by atoms with van der Waals surface area (Å²) >= 11 is 2.86. The molecule has 5 rings (SSSR count). The Morgan fingerprint density at radius 3 is 2.39 bits per heavy atom. The molecule has 33 heavy (non-hydrogen) atoms. The van der Waals surface area contributed by atoms with E-state index in [1.807, 2.05) is 38.1 Å². The topological polar surface area (TPSA) is 79.4 Å². The van der Waals surface area contributed by atoms with Crippen LogP contribution in [0.15, 0.2) is 40.7 Å². The molecule has 1 N–H and O–H groups in total. The third-order valence-corrected chi connectivity index (χ3v) is 8.45. The predicted molar refractivity (Wildman–Crippen MR) is 133 cm³/mol. The van der Waals surface area contributed by atoms with Gasteiger partial charge in [-0.1, -0.05) is 30.7 Å². The fraction of sp³-hybridized carbons (Fsp3) is 0.360. The van der Waals surface area contributed by atoms with Crippen molar-refractivity contribution in [3.8, 4) is 0 Å². The highest BCUT2D eigenvalue weighted by Crippen LogP contribution is 2.41. The summed E-state index contributed by atoms with van der Waals surface area (Å²) in [7, 11) is 0. The van der Waals surface area contributed by atoms with E-state index in [9.17, 15) is 14.4 Å². The van der Waals surface area contributed by atoms with Crippen LogP contribution in [0.2, 0.25) is 0 Å². The highest BCUT2D eigenvalue weighted by Gasteiger charge is 2.48. The van der Waals surface area contributed by atoms with Crippen molar-refractivity contribution in [2.45, 2.75) is 43.9 Å². The molecule has 0 spiro atoms. The van der Waals surface area contributed by atoms with Gasteiger partial charge < -0.3 is 5.32 Å². The lowest BCUT2D eigenvalue weighted by Gasteiger charge is -2.19. The number of imide groups is 1. The predicted octanol–water partition coefficient (Wildman–Crippen LogP) is 5.32. The Morgan fingerprint density at radius 2 is 1.73 bits per heavy atom. The SMILES string of the molecule is Cc1cc(C)cc(NC(=O)CSc2nc3ccc(N4C(=O)[C@@H]5CCCC[C@H]5C4=O)cc3s2)c1. The molecule has 1 saturated carbocycles. The first-order valence-electron chi connectivity index (χ1n) is 11.2. The number of carbonyl (C=O) groups is 3. The van der Waals surface area contributed by atoms with Crippen LogP contribution in [0.5, 0.6) is 0 Å². The lowest BCUT2D eigenvalue weighted by molar-refractivity contribution is -0.122. The molecule has 3 amide bonds. The second-order valence-corrected chi connectivity index (χ2v) is 11.1. The standard InChI is InChI=1S/C25H25N3O3S2/c1-14-9-15(2)11-16(10-14)26-22(29)13-32-25-27-20-8-7-17(12-21(20)33-25)28-23(30)18-5-3-4-6-19(18)24(28)31/h7-12,18-19H,3-6,13H2,1-2H3,(H,26,29)/t18-,19-/m1/s1. The Bertz CT molecular complexity index is 1220. The second kappa shape index (κ2) is 8.91. The zero-order valence-corrected chi connectivity index (χ0v) is 20.2. The van der Waals surface area contributed by atoms with E-state index in [1.165, 1.54) is 28.0 Å². The van der Waals surface area contributed by atoms with Crippen molar-refractivity contribution in [1.29, 1.82) is 0 Å². The van der Waals surface area contributed by atoms with Crippen LogP contribution in [0, 0.1) is 25.7 Å². The Labute approximate surface area is 200 Å². The molecule has 3 aromatic rings. The molecule has 1 aliphatic heterocycles. The Balaban J connectivity index is 1.28. The average Bonchev–Trinajstić information content (AvgIpc) is 3.29. The molecular weight excluding hydrogens is 454 g/mol. The number of nitrogens with zero attached hydrogens (tertiary/aromatic N) is 2. The molecule has 2 fully saturated rings. The largest absolute Gasteiger partial charge is 0.325 e. The van der Waals surface area contributed by atoms with Gasteiger partial charge in [-0.05, 0) is 68.1 Å². The minimum atomic E-state index is -0.162. The van der Waals surface area contributed by atoms with Crippen LogP contribution in [0.3, 0.4) is 0 Å².